The first-order valence-electron chi connectivity index (χ1n) is 9.25. The minimum absolute atomic E-state index is 0.0514. The number of benzene rings is 2. The van der Waals surface area contributed by atoms with Gasteiger partial charge in [0.1, 0.15) is 18.0 Å². The van der Waals surface area contributed by atoms with E-state index >= 15 is 0 Å². The van der Waals surface area contributed by atoms with Crippen molar-refractivity contribution in [3.8, 4) is 5.75 Å². The molecule has 4 heteroatoms. The van der Waals surface area contributed by atoms with E-state index in [9.17, 15) is 4.79 Å². The molecule has 1 aliphatic rings. The number of carbonyl (C=O) groups excluding carboxylic acids is 1. The molecule has 0 radical (unpaired) electrons. The third-order valence-electron chi connectivity index (χ3n) is 5.12. The Hall–Kier alpha value is -2.33. The summed E-state index contributed by atoms with van der Waals surface area (Å²) in [4.78, 5) is 12.8. The highest BCUT2D eigenvalue weighted by Crippen LogP contribution is 2.35. The lowest BCUT2D eigenvalue weighted by molar-refractivity contribution is -0.143. The van der Waals surface area contributed by atoms with Crippen LogP contribution >= 0.6 is 0 Å². The highest BCUT2D eigenvalue weighted by Gasteiger charge is 2.41. The number of carbonyl (C=O) groups is 1. The number of methoxy groups -OCH3 is 1. The van der Waals surface area contributed by atoms with E-state index in [0.29, 0.717) is 12.5 Å². The zero-order valence-corrected chi connectivity index (χ0v) is 15.5. The molecular formula is C22H27NO3. The fourth-order valence-corrected chi connectivity index (χ4v) is 3.61. The van der Waals surface area contributed by atoms with Crippen molar-refractivity contribution in [2.45, 2.75) is 44.8 Å². The molecule has 1 fully saturated rings. The van der Waals surface area contributed by atoms with E-state index in [0.717, 1.165) is 42.7 Å². The molecular weight excluding hydrogens is 326 g/mol. The van der Waals surface area contributed by atoms with E-state index in [4.69, 9.17) is 9.47 Å². The zero-order chi connectivity index (χ0) is 18.4. The monoisotopic (exact) mass is 353 g/mol. The molecule has 0 saturated heterocycles. The Kier molecular flexibility index (Phi) is 5.94. The minimum Gasteiger partial charge on any atom is -0.489 e. The van der Waals surface area contributed by atoms with Crippen molar-refractivity contribution in [3.63, 3.8) is 0 Å². The Labute approximate surface area is 155 Å². The van der Waals surface area contributed by atoms with Crippen LogP contribution in [0.4, 0.5) is 5.69 Å². The predicted octanol–water partition coefficient (Wildman–Crippen LogP) is 4.80. The topological polar surface area (TPSA) is 47.6 Å². The molecule has 26 heavy (non-hydrogen) atoms. The molecule has 4 nitrogen and oxygen atoms in total. The van der Waals surface area contributed by atoms with Gasteiger partial charge in [-0.25, -0.2) is 0 Å². The second-order valence-corrected chi connectivity index (χ2v) is 7.15. The summed E-state index contributed by atoms with van der Waals surface area (Å²) in [6, 6.07) is 17.5. The lowest BCUT2D eigenvalue weighted by Crippen LogP contribution is -2.47. The first kappa shape index (κ1) is 18.5. The molecule has 1 aliphatic carbocycles. The minimum atomic E-state index is -0.708. The second-order valence-electron chi connectivity index (χ2n) is 7.15. The van der Waals surface area contributed by atoms with Gasteiger partial charge in [0.25, 0.3) is 5.91 Å². The molecule has 0 heterocycles. The molecule has 1 amide bonds. The van der Waals surface area contributed by atoms with Crippen LogP contribution in [-0.2, 0) is 16.1 Å². The van der Waals surface area contributed by atoms with E-state index in [2.05, 4.69) is 12.2 Å². The number of ether oxygens (including phenoxy) is 2. The molecule has 3 rings (SSSR count). The smallest absolute Gasteiger partial charge is 0.256 e. The van der Waals surface area contributed by atoms with Crippen molar-refractivity contribution in [3.05, 3.63) is 60.2 Å². The first-order chi connectivity index (χ1) is 12.6. The summed E-state index contributed by atoms with van der Waals surface area (Å²) in [5.74, 6) is 1.23. The van der Waals surface area contributed by atoms with Gasteiger partial charge < -0.3 is 14.8 Å². The van der Waals surface area contributed by atoms with Gasteiger partial charge in [0.2, 0.25) is 0 Å². The average Bonchev–Trinajstić information content (AvgIpc) is 2.68. The van der Waals surface area contributed by atoms with E-state index in [1.165, 1.54) is 0 Å². The third-order valence-corrected chi connectivity index (χ3v) is 5.12. The Morgan fingerprint density at radius 1 is 1.15 bits per heavy atom. The van der Waals surface area contributed by atoms with E-state index in [-0.39, 0.29) is 5.91 Å². The molecule has 0 aliphatic heterocycles. The average molecular weight is 353 g/mol. The quantitative estimate of drug-likeness (QED) is 0.811. The van der Waals surface area contributed by atoms with E-state index in [1.54, 1.807) is 7.11 Å². The molecule has 2 aromatic rings. The lowest BCUT2D eigenvalue weighted by atomic mass is 9.78. The third kappa shape index (κ3) is 4.44. The van der Waals surface area contributed by atoms with Crippen LogP contribution in [0, 0.1) is 5.92 Å². The van der Waals surface area contributed by atoms with Gasteiger partial charge in [-0.05, 0) is 55.0 Å². The van der Waals surface area contributed by atoms with Gasteiger partial charge >= 0.3 is 0 Å². The molecule has 1 N–H and O–H groups in total. The van der Waals surface area contributed by atoms with Crippen molar-refractivity contribution in [1.29, 1.82) is 0 Å². The lowest BCUT2D eigenvalue weighted by Gasteiger charge is -2.37. The largest absolute Gasteiger partial charge is 0.489 e. The van der Waals surface area contributed by atoms with E-state index in [1.807, 2.05) is 54.6 Å². The van der Waals surface area contributed by atoms with Crippen molar-refractivity contribution in [2.75, 3.05) is 12.4 Å². The molecule has 0 spiro atoms. The Bertz CT molecular complexity index is 714. The highest BCUT2D eigenvalue weighted by molar-refractivity contribution is 5.97. The molecule has 138 valence electrons. The van der Waals surface area contributed by atoms with Crippen molar-refractivity contribution in [1.82, 2.24) is 0 Å². The SMILES string of the molecule is CO[C@]1(C(=O)Nc2ccc(OCc3ccccc3)cc2)CCC[C@H](C)C1. The Morgan fingerprint density at radius 2 is 1.88 bits per heavy atom. The van der Waals surface area contributed by atoms with Gasteiger partial charge in [-0.1, -0.05) is 43.7 Å². The fourth-order valence-electron chi connectivity index (χ4n) is 3.61. The first-order valence-corrected chi connectivity index (χ1v) is 9.25. The fraction of sp³-hybridized carbons (Fsp3) is 0.409. The second kappa shape index (κ2) is 8.37. The van der Waals surface area contributed by atoms with Crippen LogP contribution in [0.2, 0.25) is 0 Å². The zero-order valence-electron chi connectivity index (χ0n) is 15.5. The van der Waals surface area contributed by atoms with Crippen LogP contribution < -0.4 is 10.1 Å². The summed E-state index contributed by atoms with van der Waals surface area (Å²) in [6.45, 7) is 2.70. The van der Waals surface area contributed by atoms with Gasteiger partial charge in [0.05, 0.1) is 0 Å². The van der Waals surface area contributed by atoms with Crippen molar-refractivity contribution < 1.29 is 14.3 Å². The number of amides is 1. The number of hydrogen-bond acceptors (Lipinski definition) is 3. The van der Waals surface area contributed by atoms with Crippen LogP contribution in [0.25, 0.3) is 0 Å². The summed E-state index contributed by atoms with van der Waals surface area (Å²) >= 11 is 0. The summed E-state index contributed by atoms with van der Waals surface area (Å²) in [6.07, 6.45) is 3.73. The van der Waals surface area contributed by atoms with Crippen LogP contribution in [0.15, 0.2) is 54.6 Å². The molecule has 0 aromatic heterocycles. The maximum atomic E-state index is 12.8. The predicted molar refractivity (Wildman–Crippen MR) is 103 cm³/mol. The van der Waals surface area contributed by atoms with Gasteiger partial charge in [0, 0.05) is 12.8 Å². The summed E-state index contributed by atoms with van der Waals surface area (Å²) in [5, 5.41) is 3.01. The molecule has 1 saturated carbocycles. The number of nitrogens with one attached hydrogen (secondary N) is 1. The number of hydrogen-bond donors (Lipinski definition) is 1. The van der Waals surface area contributed by atoms with Gasteiger partial charge in [-0.2, -0.15) is 0 Å². The number of rotatable bonds is 6. The van der Waals surface area contributed by atoms with Crippen LogP contribution in [-0.4, -0.2) is 18.6 Å². The Morgan fingerprint density at radius 3 is 2.54 bits per heavy atom. The normalized spacial score (nSPS) is 22.6. The van der Waals surface area contributed by atoms with Gasteiger partial charge in [-0.3, -0.25) is 4.79 Å². The van der Waals surface area contributed by atoms with Gasteiger partial charge in [0.15, 0.2) is 0 Å². The number of anilines is 1. The molecule has 2 aromatic carbocycles. The van der Waals surface area contributed by atoms with Crippen molar-refractivity contribution >= 4 is 11.6 Å². The van der Waals surface area contributed by atoms with Crippen LogP contribution in [0.5, 0.6) is 5.75 Å². The van der Waals surface area contributed by atoms with Gasteiger partial charge in [-0.15, -0.1) is 0 Å². The summed E-state index contributed by atoms with van der Waals surface area (Å²) < 4.78 is 11.4. The van der Waals surface area contributed by atoms with Crippen LogP contribution in [0.1, 0.15) is 38.2 Å². The highest BCUT2D eigenvalue weighted by atomic mass is 16.5. The Balaban J connectivity index is 1.59. The standard InChI is InChI=1S/C22H27NO3/c1-17-7-6-14-22(15-17,25-2)21(24)23-19-10-12-20(13-11-19)26-16-18-8-4-3-5-9-18/h3-5,8-13,17H,6-7,14-16H2,1-2H3,(H,23,24)/t17-,22+/m0/s1. The van der Waals surface area contributed by atoms with Crippen molar-refractivity contribution in [2.24, 2.45) is 5.92 Å². The van der Waals surface area contributed by atoms with Crippen LogP contribution in [0.3, 0.4) is 0 Å². The molecule has 0 bridgehead atoms. The maximum Gasteiger partial charge on any atom is 0.256 e. The maximum absolute atomic E-state index is 12.8. The molecule has 2 atom stereocenters. The summed E-state index contributed by atoms with van der Waals surface area (Å²) in [7, 11) is 1.64. The molecule has 0 unspecified atom stereocenters. The summed E-state index contributed by atoms with van der Waals surface area (Å²) in [5.41, 5.74) is 1.18. The van der Waals surface area contributed by atoms with E-state index < -0.39 is 5.60 Å².